The lowest BCUT2D eigenvalue weighted by molar-refractivity contribution is 0.101. The van der Waals surface area contributed by atoms with Gasteiger partial charge in [-0.25, -0.2) is 9.36 Å². The predicted octanol–water partition coefficient (Wildman–Crippen LogP) is 4.34. The van der Waals surface area contributed by atoms with Crippen molar-refractivity contribution in [2.45, 2.75) is 13.5 Å². The number of anilines is 1. The Hall–Kier alpha value is -3.42. The number of halogens is 2. The fraction of sp³-hybridized carbons (Fsp3) is 0.0909. The minimum absolute atomic E-state index is 0.246. The van der Waals surface area contributed by atoms with Gasteiger partial charge in [-0.1, -0.05) is 47.5 Å². The minimum atomic E-state index is -0.636. The van der Waals surface area contributed by atoms with Gasteiger partial charge in [-0.2, -0.15) is 10.2 Å². The molecule has 4 rings (SSSR count). The largest absolute Gasteiger partial charge is 0.305 e. The molecule has 1 N–H and O–H groups in total. The molecule has 0 aliphatic carbocycles. The van der Waals surface area contributed by atoms with Gasteiger partial charge >= 0.3 is 0 Å². The SMILES string of the molecule is Cc1cc(=O)c(C(=O)Nc2ccnn2Cc2ccc(Cl)cc2)nn1-c1ccccc1Cl. The van der Waals surface area contributed by atoms with E-state index in [4.69, 9.17) is 23.2 Å². The van der Waals surface area contributed by atoms with Crippen molar-refractivity contribution in [2.24, 2.45) is 0 Å². The highest BCUT2D eigenvalue weighted by Gasteiger charge is 2.18. The Balaban J connectivity index is 1.62. The van der Waals surface area contributed by atoms with E-state index in [2.05, 4.69) is 15.5 Å². The molecule has 0 radical (unpaired) electrons. The number of aryl methyl sites for hydroxylation is 1. The summed E-state index contributed by atoms with van der Waals surface area (Å²) in [6, 6.07) is 17.4. The molecule has 9 heteroatoms. The van der Waals surface area contributed by atoms with Crippen molar-refractivity contribution >= 4 is 34.9 Å². The highest BCUT2D eigenvalue weighted by Crippen LogP contribution is 2.20. The van der Waals surface area contributed by atoms with Gasteiger partial charge in [0.15, 0.2) is 5.69 Å². The summed E-state index contributed by atoms with van der Waals surface area (Å²) < 4.78 is 3.09. The van der Waals surface area contributed by atoms with E-state index in [0.29, 0.717) is 33.8 Å². The molecule has 0 saturated heterocycles. The number of rotatable bonds is 5. The third kappa shape index (κ3) is 4.52. The van der Waals surface area contributed by atoms with Crippen molar-refractivity contribution < 1.29 is 4.79 Å². The van der Waals surface area contributed by atoms with E-state index in [1.54, 1.807) is 60.3 Å². The van der Waals surface area contributed by atoms with E-state index in [1.807, 2.05) is 12.1 Å². The van der Waals surface area contributed by atoms with Crippen LogP contribution in [0.1, 0.15) is 21.7 Å². The molecule has 2 aromatic heterocycles. The van der Waals surface area contributed by atoms with Crippen LogP contribution in [0.15, 0.2) is 71.7 Å². The maximum atomic E-state index is 12.9. The number of hydrogen-bond acceptors (Lipinski definition) is 4. The zero-order valence-corrected chi connectivity index (χ0v) is 17.9. The standard InChI is InChI=1S/C22H17Cl2N5O2/c1-14-12-19(30)21(27-29(14)18-5-3-2-4-17(18)24)22(31)26-20-10-11-25-28(20)13-15-6-8-16(23)9-7-15/h2-12H,13H2,1H3,(H,26,31). The average molecular weight is 454 g/mol. The Bertz CT molecular complexity index is 1310. The Morgan fingerprint density at radius 3 is 2.55 bits per heavy atom. The summed E-state index contributed by atoms with van der Waals surface area (Å²) in [5.74, 6) is -0.199. The van der Waals surface area contributed by atoms with Crippen LogP contribution >= 0.6 is 23.2 Å². The molecule has 31 heavy (non-hydrogen) atoms. The smallest absolute Gasteiger partial charge is 0.281 e. The zero-order valence-electron chi connectivity index (χ0n) is 16.4. The molecule has 4 aromatic rings. The molecule has 0 unspecified atom stereocenters. The van der Waals surface area contributed by atoms with Crippen LogP contribution < -0.4 is 10.7 Å². The molecular weight excluding hydrogens is 437 g/mol. The number of hydrogen-bond donors (Lipinski definition) is 1. The molecule has 0 atom stereocenters. The zero-order chi connectivity index (χ0) is 22.0. The highest BCUT2D eigenvalue weighted by molar-refractivity contribution is 6.32. The lowest BCUT2D eigenvalue weighted by atomic mass is 10.2. The molecule has 7 nitrogen and oxygen atoms in total. The van der Waals surface area contributed by atoms with Gasteiger partial charge in [0, 0.05) is 22.8 Å². The normalized spacial score (nSPS) is 10.8. The summed E-state index contributed by atoms with van der Waals surface area (Å²) in [6.45, 7) is 2.14. The quantitative estimate of drug-likeness (QED) is 0.486. The monoisotopic (exact) mass is 453 g/mol. The van der Waals surface area contributed by atoms with Crippen LogP contribution in [0.25, 0.3) is 5.69 Å². The molecule has 2 heterocycles. The van der Waals surface area contributed by atoms with Crippen LogP contribution in [0.5, 0.6) is 0 Å². The topological polar surface area (TPSA) is 81.8 Å². The molecular formula is C22H17Cl2N5O2. The second-order valence-corrected chi connectivity index (χ2v) is 7.66. The van der Waals surface area contributed by atoms with Gasteiger partial charge < -0.3 is 5.32 Å². The van der Waals surface area contributed by atoms with E-state index < -0.39 is 11.3 Å². The highest BCUT2D eigenvalue weighted by atomic mass is 35.5. The molecule has 156 valence electrons. The van der Waals surface area contributed by atoms with Crippen molar-refractivity contribution in [1.29, 1.82) is 0 Å². The fourth-order valence-electron chi connectivity index (χ4n) is 3.08. The van der Waals surface area contributed by atoms with E-state index in [-0.39, 0.29) is 5.69 Å². The number of para-hydroxylation sites is 1. The molecule has 0 aliphatic rings. The molecule has 1 amide bonds. The van der Waals surface area contributed by atoms with Crippen molar-refractivity contribution in [3.05, 3.63) is 104 Å². The third-order valence-corrected chi connectivity index (χ3v) is 5.18. The predicted molar refractivity (Wildman–Crippen MR) is 120 cm³/mol. The Labute approximate surface area is 187 Å². The maximum absolute atomic E-state index is 12.9. The van der Waals surface area contributed by atoms with Gasteiger partial charge in [0.2, 0.25) is 5.43 Å². The second kappa shape index (κ2) is 8.75. The van der Waals surface area contributed by atoms with Crippen molar-refractivity contribution in [1.82, 2.24) is 19.6 Å². The summed E-state index contributed by atoms with van der Waals surface area (Å²) in [6.07, 6.45) is 1.57. The number of nitrogens with one attached hydrogen (secondary N) is 1. The first kappa shape index (κ1) is 20.8. The van der Waals surface area contributed by atoms with E-state index >= 15 is 0 Å². The Morgan fingerprint density at radius 1 is 1.06 bits per heavy atom. The van der Waals surface area contributed by atoms with E-state index in [9.17, 15) is 9.59 Å². The van der Waals surface area contributed by atoms with Gasteiger partial charge in [-0.3, -0.25) is 9.59 Å². The lowest BCUT2D eigenvalue weighted by Crippen LogP contribution is -2.27. The van der Waals surface area contributed by atoms with Crippen LogP contribution in [-0.2, 0) is 6.54 Å². The number of carbonyl (C=O) groups is 1. The first-order valence-electron chi connectivity index (χ1n) is 9.36. The number of aromatic nitrogens is 4. The average Bonchev–Trinajstić information content (AvgIpc) is 3.17. The minimum Gasteiger partial charge on any atom is -0.305 e. The molecule has 0 spiro atoms. The second-order valence-electron chi connectivity index (χ2n) is 6.82. The summed E-state index contributed by atoms with van der Waals surface area (Å²) in [5, 5.41) is 12.3. The maximum Gasteiger partial charge on any atom is 0.281 e. The van der Waals surface area contributed by atoms with Crippen molar-refractivity contribution in [2.75, 3.05) is 5.32 Å². The molecule has 0 fully saturated rings. The van der Waals surface area contributed by atoms with Gasteiger partial charge in [0.05, 0.1) is 23.5 Å². The van der Waals surface area contributed by atoms with Crippen LogP contribution in [0.3, 0.4) is 0 Å². The molecule has 0 saturated carbocycles. The van der Waals surface area contributed by atoms with Crippen LogP contribution in [0.4, 0.5) is 5.82 Å². The van der Waals surface area contributed by atoms with E-state index in [1.165, 1.54) is 10.7 Å². The van der Waals surface area contributed by atoms with Gasteiger partial charge in [-0.15, -0.1) is 0 Å². The fourth-order valence-corrected chi connectivity index (χ4v) is 3.42. The van der Waals surface area contributed by atoms with Crippen LogP contribution in [-0.4, -0.2) is 25.5 Å². The number of carbonyl (C=O) groups excluding carboxylic acids is 1. The first-order chi connectivity index (χ1) is 14.9. The summed E-state index contributed by atoms with van der Waals surface area (Å²) in [5.41, 5.74) is 1.36. The Morgan fingerprint density at radius 2 is 1.81 bits per heavy atom. The lowest BCUT2D eigenvalue weighted by Gasteiger charge is -2.13. The molecule has 0 bridgehead atoms. The first-order valence-corrected chi connectivity index (χ1v) is 10.1. The van der Waals surface area contributed by atoms with Crippen molar-refractivity contribution in [3.8, 4) is 5.69 Å². The van der Waals surface area contributed by atoms with Gasteiger partial charge in [0.25, 0.3) is 5.91 Å². The van der Waals surface area contributed by atoms with Crippen LogP contribution in [0.2, 0.25) is 10.0 Å². The van der Waals surface area contributed by atoms with Crippen molar-refractivity contribution in [3.63, 3.8) is 0 Å². The Kier molecular flexibility index (Phi) is 5.88. The molecule has 0 aliphatic heterocycles. The van der Waals surface area contributed by atoms with Crippen LogP contribution in [0, 0.1) is 6.92 Å². The number of benzene rings is 2. The molecule has 2 aromatic carbocycles. The number of nitrogens with zero attached hydrogens (tertiary/aromatic N) is 4. The summed E-state index contributed by atoms with van der Waals surface area (Å²) in [7, 11) is 0. The third-order valence-electron chi connectivity index (χ3n) is 4.61. The summed E-state index contributed by atoms with van der Waals surface area (Å²) in [4.78, 5) is 25.4. The summed E-state index contributed by atoms with van der Waals surface area (Å²) >= 11 is 12.2. The van der Waals surface area contributed by atoms with Gasteiger partial charge in [0.1, 0.15) is 5.82 Å². The van der Waals surface area contributed by atoms with E-state index in [0.717, 1.165) is 5.56 Å². The number of amides is 1. The van der Waals surface area contributed by atoms with Gasteiger partial charge in [-0.05, 0) is 36.8 Å².